The van der Waals surface area contributed by atoms with Crippen molar-refractivity contribution in [3.63, 3.8) is 0 Å². The number of rotatable bonds is 5. The molecule has 2 nitrogen and oxygen atoms in total. The van der Waals surface area contributed by atoms with Gasteiger partial charge in [0.2, 0.25) is 0 Å². The molecule has 68 valence electrons. The van der Waals surface area contributed by atoms with Gasteiger partial charge in [0.05, 0.1) is 4.95 Å². The lowest BCUT2D eigenvalue weighted by Gasteiger charge is -2.17. The van der Waals surface area contributed by atoms with Crippen LogP contribution in [0.3, 0.4) is 0 Å². The minimum absolute atomic E-state index is 0.380. The molecule has 0 aliphatic carbocycles. The number of nitrogens with one attached hydrogen (secondary N) is 2. The third-order valence-corrected chi connectivity index (χ3v) is 1.81. The number of halogens is 1. The first kappa shape index (κ1) is 11.4. The van der Waals surface area contributed by atoms with Crippen molar-refractivity contribution in [1.82, 2.24) is 10.6 Å². The van der Waals surface area contributed by atoms with Crippen molar-refractivity contribution in [3.8, 4) is 0 Å². The molecule has 0 fully saturated rings. The van der Waals surface area contributed by atoms with Crippen LogP contribution in [0, 0.1) is 0 Å². The van der Waals surface area contributed by atoms with E-state index >= 15 is 0 Å². The van der Waals surface area contributed by atoms with E-state index in [1.54, 1.807) is 0 Å². The largest absolute Gasteiger partial charge is 0.312 e. The fraction of sp³-hybridized carbons (Fsp3) is 1.00. The first-order valence-corrected chi connectivity index (χ1v) is 5.07. The van der Waals surface area contributed by atoms with Gasteiger partial charge in [-0.2, -0.15) is 0 Å². The Hall–Kier alpha value is 0.400. The lowest BCUT2D eigenvalue weighted by atomic mass is 10.3. The molecule has 0 saturated heterocycles. The molecule has 1 atom stereocenters. The number of alkyl halides is 1. The fourth-order valence-electron chi connectivity index (χ4n) is 0.760. The second-order valence-electron chi connectivity index (χ2n) is 3.35. The summed E-state index contributed by atoms with van der Waals surface area (Å²) in [5, 5.41) is 6.69. The van der Waals surface area contributed by atoms with Crippen LogP contribution in [0.4, 0.5) is 0 Å². The smallest absolute Gasteiger partial charge is 0.0759 e. The van der Waals surface area contributed by atoms with Crippen molar-refractivity contribution in [3.05, 3.63) is 0 Å². The molecule has 0 saturated carbocycles. The Bertz CT molecular complexity index is 94.1. The van der Waals surface area contributed by atoms with Crippen LogP contribution in [0.1, 0.15) is 27.7 Å². The molecule has 0 aromatic heterocycles. The Labute approximate surface area is 78.3 Å². The maximum atomic E-state index is 3.53. The quantitative estimate of drug-likeness (QED) is 0.547. The second kappa shape index (κ2) is 5.98. The number of hydrogen-bond donors (Lipinski definition) is 2. The Morgan fingerprint density at radius 2 is 1.64 bits per heavy atom. The predicted molar refractivity (Wildman–Crippen MR) is 54.1 cm³/mol. The minimum Gasteiger partial charge on any atom is -0.312 e. The molecular weight excluding hydrogens is 204 g/mol. The average Bonchev–Trinajstić information content (AvgIpc) is 1.82. The zero-order valence-corrected chi connectivity index (χ0v) is 9.40. The van der Waals surface area contributed by atoms with E-state index in [1.165, 1.54) is 0 Å². The lowest BCUT2D eigenvalue weighted by Crippen LogP contribution is -2.40. The van der Waals surface area contributed by atoms with Crippen LogP contribution in [0.25, 0.3) is 0 Å². The van der Waals surface area contributed by atoms with Gasteiger partial charge in [0.25, 0.3) is 0 Å². The summed E-state index contributed by atoms with van der Waals surface area (Å²) in [5.41, 5.74) is 0. The van der Waals surface area contributed by atoms with Gasteiger partial charge < -0.3 is 10.6 Å². The van der Waals surface area contributed by atoms with E-state index in [1.807, 2.05) is 0 Å². The van der Waals surface area contributed by atoms with Crippen LogP contribution in [0.5, 0.6) is 0 Å². The Balaban J connectivity index is 3.29. The van der Waals surface area contributed by atoms with Gasteiger partial charge in [0.1, 0.15) is 0 Å². The first-order valence-electron chi connectivity index (χ1n) is 4.16. The van der Waals surface area contributed by atoms with Gasteiger partial charge in [0, 0.05) is 18.6 Å². The van der Waals surface area contributed by atoms with Gasteiger partial charge in [-0.1, -0.05) is 29.8 Å². The van der Waals surface area contributed by atoms with Crippen LogP contribution in [0.15, 0.2) is 0 Å². The van der Waals surface area contributed by atoms with Gasteiger partial charge >= 0.3 is 0 Å². The molecule has 1 unspecified atom stereocenters. The molecule has 3 heteroatoms. The maximum absolute atomic E-state index is 3.53. The van der Waals surface area contributed by atoms with E-state index in [4.69, 9.17) is 0 Å². The van der Waals surface area contributed by atoms with Gasteiger partial charge in [0.15, 0.2) is 0 Å². The molecule has 0 heterocycles. The highest BCUT2D eigenvalue weighted by Crippen LogP contribution is 1.95. The van der Waals surface area contributed by atoms with Crippen LogP contribution in [0.2, 0.25) is 0 Å². The lowest BCUT2D eigenvalue weighted by molar-refractivity contribution is 0.506. The summed E-state index contributed by atoms with van der Waals surface area (Å²) in [5.74, 6) is 0. The molecule has 0 aliphatic heterocycles. The molecule has 0 amide bonds. The SMILES string of the molecule is CC(C)NCC(Br)NC(C)C. The van der Waals surface area contributed by atoms with Crippen molar-refractivity contribution in [2.24, 2.45) is 0 Å². The van der Waals surface area contributed by atoms with Crippen LogP contribution in [-0.2, 0) is 0 Å². The van der Waals surface area contributed by atoms with Crippen LogP contribution in [-0.4, -0.2) is 23.6 Å². The predicted octanol–water partition coefficient (Wildman–Crippen LogP) is 1.70. The highest BCUT2D eigenvalue weighted by Gasteiger charge is 2.04. The van der Waals surface area contributed by atoms with Crippen molar-refractivity contribution in [2.75, 3.05) is 6.54 Å². The van der Waals surface area contributed by atoms with Gasteiger partial charge in [-0.25, -0.2) is 0 Å². The normalized spacial score (nSPS) is 14.5. The zero-order chi connectivity index (χ0) is 8.85. The van der Waals surface area contributed by atoms with Crippen molar-refractivity contribution < 1.29 is 0 Å². The summed E-state index contributed by atoms with van der Waals surface area (Å²) in [6, 6.07) is 1.09. The summed E-state index contributed by atoms with van der Waals surface area (Å²) in [4.78, 5) is 0.380. The van der Waals surface area contributed by atoms with Crippen LogP contribution >= 0.6 is 15.9 Å². The molecule has 2 N–H and O–H groups in total. The van der Waals surface area contributed by atoms with Crippen LogP contribution < -0.4 is 10.6 Å². The summed E-state index contributed by atoms with van der Waals surface area (Å²) >= 11 is 3.53. The molecule has 0 rings (SSSR count). The molecule has 0 bridgehead atoms. The van der Waals surface area contributed by atoms with Gasteiger partial charge in [-0.3, -0.25) is 0 Å². The molecule has 0 spiro atoms. The summed E-state index contributed by atoms with van der Waals surface area (Å²) in [6.45, 7) is 9.55. The molecule has 0 aliphatic rings. The van der Waals surface area contributed by atoms with E-state index in [-0.39, 0.29) is 0 Å². The topological polar surface area (TPSA) is 24.1 Å². The van der Waals surface area contributed by atoms with Gasteiger partial charge in [-0.15, -0.1) is 0 Å². The van der Waals surface area contributed by atoms with E-state index < -0.39 is 0 Å². The molecule has 0 aromatic rings. The van der Waals surface area contributed by atoms with Gasteiger partial charge in [-0.05, 0) is 13.8 Å². The van der Waals surface area contributed by atoms with Crippen molar-refractivity contribution in [1.29, 1.82) is 0 Å². The monoisotopic (exact) mass is 222 g/mol. The van der Waals surface area contributed by atoms with E-state index in [0.717, 1.165) is 6.54 Å². The standard InChI is InChI=1S/C8H19BrN2/c1-6(2)10-5-8(9)11-7(3)4/h6-8,10-11H,5H2,1-4H3. The van der Waals surface area contributed by atoms with E-state index in [9.17, 15) is 0 Å². The summed E-state index contributed by atoms with van der Waals surface area (Å²) in [6.07, 6.45) is 0. The zero-order valence-electron chi connectivity index (χ0n) is 7.82. The Morgan fingerprint density at radius 1 is 1.09 bits per heavy atom. The molecule has 0 radical (unpaired) electrons. The molecule has 11 heavy (non-hydrogen) atoms. The summed E-state index contributed by atoms with van der Waals surface area (Å²) < 4.78 is 0. The highest BCUT2D eigenvalue weighted by molar-refractivity contribution is 9.09. The van der Waals surface area contributed by atoms with E-state index in [0.29, 0.717) is 17.0 Å². The second-order valence-corrected chi connectivity index (χ2v) is 4.46. The third-order valence-electron chi connectivity index (χ3n) is 1.22. The number of hydrogen-bond acceptors (Lipinski definition) is 2. The first-order chi connectivity index (χ1) is 5.02. The van der Waals surface area contributed by atoms with Crippen molar-refractivity contribution in [2.45, 2.75) is 44.7 Å². The molecule has 0 aromatic carbocycles. The third kappa shape index (κ3) is 8.30. The van der Waals surface area contributed by atoms with Crippen molar-refractivity contribution >= 4 is 15.9 Å². The van der Waals surface area contributed by atoms with E-state index in [2.05, 4.69) is 54.3 Å². The molecular formula is C8H19BrN2. The Kier molecular flexibility index (Phi) is 6.19. The summed E-state index contributed by atoms with van der Waals surface area (Å²) in [7, 11) is 0. The fourth-order valence-corrected chi connectivity index (χ4v) is 1.48. The highest BCUT2D eigenvalue weighted by atomic mass is 79.9. The Morgan fingerprint density at radius 3 is 2.00 bits per heavy atom. The maximum Gasteiger partial charge on any atom is 0.0759 e. The minimum atomic E-state index is 0.380. The average molecular weight is 223 g/mol.